The van der Waals surface area contributed by atoms with Gasteiger partial charge in [-0.15, -0.1) is 0 Å². The Kier molecular flexibility index (Phi) is 4.58. The molecule has 2 atom stereocenters. The fourth-order valence-electron chi connectivity index (χ4n) is 2.08. The molecule has 1 aromatic rings. The van der Waals surface area contributed by atoms with Crippen LogP contribution in [0, 0.1) is 5.92 Å². The van der Waals surface area contributed by atoms with Gasteiger partial charge in [-0.25, -0.2) is 0 Å². The largest absolute Gasteiger partial charge is 0.379 e. The number of hydrogen-bond donors (Lipinski definition) is 2. The number of halogens is 1. The summed E-state index contributed by atoms with van der Waals surface area (Å²) in [5, 5.41) is 6.74. The summed E-state index contributed by atoms with van der Waals surface area (Å²) in [6.45, 7) is 3.89. The molecule has 2 rings (SSSR count). The van der Waals surface area contributed by atoms with Crippen LogP contribution in [0.25, 0.3) is 0 Å². The summed E-state index contributed by atoms with van der Waals surface area (Å²) in [6.07, 6.45) is 0. The number of carbonyl (C=O) groups is 1. The quantitative estimate of drug-likeness (QED) is 0.877. The maximum Gasteiger partial charge on any atom is 0.231 e. The van der Waals surface area contributed by atoms with Gasteiger partial charge in [0.25, 0.3) is 0 Å². The van der Waals surface area contributed by atoms with Crippen molar-refractivity contribution in [1.29, 1.82) is 0 Å². The Labute approximate surface area is 112 Å². The van der Waals surface area contributed by atoms with Crippen LogP contribution in [-0.4, -0.2) is 31.7 Å². The highest BCUT2D eigenvalue weighted by molar-refractivity contribution is 6.30. The molecule has 4 nitrogen and oxygen atoms in total. The maximum atomic E-state index is 12.1. The van der Waals surface area contributed by atoms with Gasteiger partial charge in [0.1, 0.15) is 0 Å². The predicted molar refractivity (Wildman–Crippen MR) is 71.9 cm³/mol. The molecule has 2 unspecified atom stereocenters. The summed E-state index contributed by atoms with van der Waals surface area (Å²) in [5.74, 6) is -0.176. The molecule has 98 valence electrons. The van der Waals surface area contributed by atoms with Gasteiger partial charge in [0.2, 0.25) is 5.91 Å². The Morgan fingerprint density at radius 3 is 3.06 bits per heavy atom. The van der Waals surface area contributed by atoms with Crippen LogP contribution in [0.15, 0.2) is 24.3 Å². The van der Waals surface area contributed by atoms with E-state index in [2.05, 4.69) is 10.6 Å². The monoisotopic (exact) mass is 268 g/mol. The summed E-state index contributed by atoms with van der Waals surface area (Å²) in [4.78, 5) is 12.1. The number of hydrogen-bond acceptors (Lipinski definition) is 3. The molecule has 18 heavy (non-hydrogen) atoms. The van der Waals surface area contributed by atoms with Crippen molar-refractivity contribution in [2.24, 2.45) is 5.92 Å². The van der Waals surface area contributed by atoms with Crippen LogP contribution < -0.4 is 10.6 Å². The number of likely N-dealkylation sites (N-methyl/N-ethyl adjacent to an activating group) is 1. The fraction of sp³-hybridized carbons (Fsp3) is 0.462. The molecular weight excluding hydrogens is 252 g/mol. The van der Waals surface area contributed by atoms with Crippen LogP contribution in [0.5, 0.6) is 0 Å². The number of nitrogens with one attached hydrogen (secondary N) is 2. The molecule has 1 fully saturated rings. The van der Waals surface area contributed by atoms with E-state index in [0.717, 1.165) is 12.2 Å². The third-order valence-electron chi connectivity index (χ3n) is 2.98. The molecule has 1 amide bonds. The Balaban J connectivity index is 1.99. The van der Waals surface area contributed by atoms with Gasteiger partial charge in [0.15, 0.2) is 0 Å². The van der Waals surface area contributed by atoms with Gasteiger partial charge in [-0.3, -0.25) is 4.79 Å². The topological polar surface area (TPSA) is 50.4 Å². The Bertz CT molecular complexity index is 425. The Morgan fingerprint density at radius 1 is 1.50 bits per heavy atom. The molecule has 1 heterocycles. The third kappa shape index (κ3) is 3.22. The Morgan fingerprint density at radius 2 is 2.33 bits per heavy atom. The van der Waals surface area contributed by atoms with Crippen molar-refractivity contribution in [3.8, 4) is 0 Å². The molecule has 0 bridgehead atoms. The van der Waals surface area contributed by atoms with Gasteiger partial charge in [0, 0.05) is 16.8 Å². The van der Waals surface area contributed by atoms with E-state index in [1.165, 1.54) is 0 Å². The summed E-state index contributed by atoms with van der Waals surface area (Å²) in [5.41, 5.74) is 0.717. The van der Waals surface area contributed by atoms with Crippen LogP contribution >= 0.6 is 11.6 Å². The van der Waals surface area contributed by atoms with Crippen molar-refractivity contribution in [1.82, 2.24) is 5.32 Å². The molecule has 0 aliphatic carbocycles. The lowest BCUT2D eigenvalue weighted by Gasteiger charge is -2.17. The molecule has 0 spiro atoms. The standard InChI is InChI=1S/C13H17ClN2O2/c1-2-15-12-8-18-7-11(12)13(17)16-10-5-3-4-9(14)6-10/h3-6,11-12,15H,2,7-8H2,1H3,(H,16,17). The van der Waals surface area contributed by atoms with E-state index in [9.17, 15) is 4.79 Å². The first-order chi connectivity index (χ1) is 8.70. The summed E-state index contributed by atoms with van der Waals surface area (Å²) < 4.78 is 5.36. The summed E-state index contributed by atoms with van der Waals surface area (Å²) >= 11 is 5.88. The van der Waals surface area contributed by atoms with Crippen LogP contribution in [0.1, 0.15) is 6.92 Å². The number of rotatable bonds is 4. The molecule has 1 aliphatic rings. The third-order valence-corrected chi connectivity index (χ3v) is 3.21. The smallest absolute Gasteiger partial charge is 0.231 e. The zero-order valence-electron chi connectivity index (χ0n) is 10.3. The molecule has 2 N–H and O–H groups in total. The highest BCUT2D eigenvalue weighted by atomic mass is 35.5. The minimum absolute atomic E-state index is 0.0271. The second-order valence-corrected chi connectivity index (χ2v) is 4.74. The van der Waals surface area contributed by atoms with E-state index in [4.69, 9.17) is 16.3 Å². The second kappa shape index (κ2) is 6.18. The zero-order chi connectivity index (χ0) is 13.0. The first-order valence-electron chi connectivity index (χ1n) is 6.08. The average molecular weight is 269 g/mol. The van der Waals surface area contributed by atoms with E-state index >= 15 is 0 Å². The molecule has 1 saturated heterocycles. The Hall–Kier alpha value is -1.10. The SMILES string of the molecule is CCNC1COCC1C(=O)Nc1cccc(Cl)c1. The van der Waals surface area contributed by atoms with Gasteiger partial charge in [-0.1, -0.05) is 24.6 Å². The van der Waals surface area contributed by atoms with Crippen molar-refractivity contribution >= 4 is 23.2 Å². The normalized spacial score (nSPS) is 23.0. The minimum Gasteiger partial charge on any atom is -0.379 e. The molecule has 5 heteroatoms. The van der Waals surface area contributed by atoms with Crippen molar-refractivity contribution in [3.63, 3.8) is 0 Å². The van der Waals surface area contributed by atoms with E-state index in [0.29, 0.717) is 18.2 Å². The maximum absolute atomic E-state index is 12.1. The van der Waals surface area contributed by atoms with Crippen molar-refractivity contribution in [2.75, 3.05) is 25.1 Å². The molecule has 1 aliphatic heterocycles. The number of anilines is 1. The van der Waals surface area contributed by atoms with Gasteiger partial charge in [-0.2, -0.15) is 0 Å². The van der Waals surface area contributed by atoms with Gasteiger partial charge in [-0.05, 0) is 24.7 Å². The van der Waals surface area contributed by atoms with Crippen LogP contribution in [0.4, 0.5) is 5.69 Å². The second-order valence-electron chi connectivity index (χ2n) is 4.31. The van der Waals surface area contributed by atoms with E-state index in [1.807, 2.05) is 19.1 Å². The van der Waals surface area contributed by atoms with Crippen molar-refractivity contribution in [3.05, 3.63) is 29.3 Å². The van der Waals surface area contributed by atoms with Crippen LogP contribution in [0.3, 0.4) is 0 Å². The first-order valence-corrected chi connectivity index (χ1v) is 6.46. The van der Waals surface area contributed by atoms with Crippen molar-refractivity contribution in [2.45, 2.75) is 13.0 Å². The minimum atomic E-state index is -0.149. The number of amides is 1. The van der Waals surface area contributed by atoms with E-state index < -0.39 is 0 Å². The highest BCUT2D eigenvalue weighted by Gasteiger charge is 2.33. The van der Waals surface area contributed by atoms with Gasteiger partial charge < -0.3 is 15.4 Å². The summed E-state index contributed by atoms with van der Waals surface area (Å²) in [6, 6.07) is 7.23. The molecule has 0 radical (unpaired) electrons. The number of benzene rings is 1. The predicted octanol–water partition coefficient (Wildman–Crippen LogP) is 1.90. The number of carbonyl (C=O) groups excluding carboxylic acids is 1. The lowest BCUT2D eigenvalue weighted by Crippen LogP contribution is -2.41. The van der Waals surface area contributed by atoms with E-state index in [1.54, 1.807) is 12.1 Å². The molecule has 1 aromatic carbocycles. The van der Waals surface area contributed by atoms with Gasteiger partial charge >= 0.3 is 0 Å². The first kappa shape index (κ1) is 13.3. The molecular formula is C13H17ClN2O2. The van der Waals surface area contributed by atoms with Gasteiger partial charge in [0.05, 0.1) is 19.1 Å². The summed E-state index contributed by atoms with van der Waals surface area (Å²) in [7, 11) is 0. The molecule has 0 aromatic heterocycles. The van der Waals surface area contributed by atoms with Crippen LogP contribution in [0.2, 0.25) is 5.02 Å². The lowest BCUT2D eigenvalue weighted by atomic mass is 10.0. The van der Waals surface area contributed by atoms with Crippen LogP contribution in [-0.2, 0) is 9.53 Å². The fourth-order valence-corrected chi connectivity index (χ4v) is 2.27. The van der Waals surface area contributed by atoms with Crippen molar-refractivity contribution < 1.29 is 9.53 Å². The average Bonchev–Trinajstić information content (AvgIpc) is 2.78. The van der Waals surface area contributed by atoms with E-state index in [-0.39, 0.29) is 17.9 Å². The molecule has 0 saturated carbocycles. The zero-order valence-corrected chi connectivity index (χ0v) is 11.0. The number of ether oxygens (including phenoxy) is 1. The lowest BCUT2D eigenvalue weighted by molar-refractivity contribution is -0.120. The highest BCUT2D eigenvalue weighted by Crippen LogP contribution is 2.19.